The fourth-order valence-electron chi connectivity index (χ4n) is 4.13. The summed E-state index contributed by atoms with van der Waals surface area (Å²) >= 11 is 0. The first-order valence-corrected chi connectivity index (χ1v) is 10.9. The number of hydrogen-bond donors (Lipinski definition) is 0. The summed E-state index contributed by atoms with van der Waals surface area (Å²) in [6.45, 7) is 8.25. The van der Waals surface area contributed by atoms with E-state index in [-0.39, 0.29) is 0 Å². The number of methoxy groups -OCH3 is 1. The van der Waals surface area contributed by atoms with Gasteiger partial charge in [-0.15, -0.1) is 0 Å². The molecule has 3 heteroatoms. The summed E-state index contributed by atoms with van der Waals surface area (Å²) in [5.41, 5.74) is 7.58. The Morgan fingerprint density at radius 3 is 2.40 bits per heavy atom. The van der Waals surface area contributed by atoms with Crippen molar-refractivity contribution in [3.05, 3.63) is 82.9 Å². The lowest BCUT2D eigenvalue weighted by atomic mass is 9.97. The highest BCUT2D eigenvalue weighted by Crippen LogP contribution is 2.32. The summed E-state index contributed by atoms with van der Waals surface area (Å²) in [6, 6.07) is 21.2. The molecule has 1 aliphatic heterocycles. The maximum atomic E-state index is 6.26. The first-order chi connectivity index (χ1) is 14.7. The van der Waals surface area contributed by atoms with E-state index in [0.717, 1.165) is 24.5 Å². The van der Waals surface area contributed by atoms with Crippen LogP contribution in [0.1, 0.15) is 35.6 Å². The van der Waals surface area contributed by atoms with E-state index < -0.39 is 0 Å². The summed E-state index contributed by atoms with van der Waals surface area (Å²) in [6.07, 6.45) is 2.27. The Bertz CT molecular complexity index is 968. The molecule has 1 heterocycles. The summed E-state index contributed by atoms with van der Waals surface area (Å²) in [4.78, 5) is 2.47. The number of rotatable bonds is 8. The molecule has 0 aliphatic carbocycles. The lowest BCUT2D eigenvalue weighted by Gasteiger charge is -2.32. The van der Waals surface area contributed by atoms with Gasteiger partial charge >= 0.3 is 0 Å². The molecule has 0 saturated carbocycles. The van der Waals surface area contributed by atoms with Gasteiger partial charge in [0, 0.05) is 18.2 Å². The molecule has 0 amide bonds. The van der Waals surface area contributed by atoms with Gasteiger partial charge in [-0.2, -0.15) is 0 Å². The van der Waals surface area contributed by atoms with E-state index in [4.69, 9.17) is 9.47 Å². The zero-order valence-corrected chi connectivity index (χ0v) is 18.3. The predicted molar refractivity (Wildman–Crippen MR) is 123 cm³/mol. The average Bonchev–Trinajstić information content (AvgIpc) is 2.76. The Balaban J connectivity index is 1.55. The van der Waals surface area contributed by atoms with Gasteiger partial charge in [-0.05, 0) is 66.7 Å². The summed E-state index contributed by atoms with van der Waals surface area (Å²) in [7, 11) is 1.76. The van der Waals surface area contributed by atoms with E-state index in [9.17, 15) is 0 Å². The second kappa shape index (κ2) is 9.36. The number of benzene rings is 3. The first kappa shape index (κ1) is 20.5. The molecule has 156 valence electrons. The van der Waals surface area contributed by atoms with Crippen molar-refractivity contribution < 1.29 is 9.47 Å². The summed E-state index contributed by atoms with van der Waals surface area (Å²) in [5.74, 6) is 1.81. The van der Waals surface area contributed by atoms with Crippen molar-refractivity contribution >= 4 is 0 Å². The molecule has 0 atom stereocenters. The van der Waals surface area contributed by atoms with Crippen LogP contribution in [-0.2, 0) is 19.6 Å². The van der Waals surface area contributed by atoms with Gasteiger partial charge in [-0.25, -0.2) is 0 Å². The van der Waals surface area contributed by atoms with E-state index in [0.29, 0.717) is 6.61 Å². The van der Waals surface area contributed by atoms with Crippen molar-refractivity contribution in [2.45, 2.75) is 39.8 Å². The molecule has 0 bridgehead atoms. The van der Waals surface area contributed by atoms with Crippen LogP contribution in [0.3, 0.4) is 0 Å². The van der Waals surface area contributed by atoms with Crippen LogP contribution >= 0.6 is 0 Å². The Labute approximate surface area is 180 Å². The number of aryl methyl sites for hydroxylation is 1. The molecule has 4 rings (SSSR count). The lowest BCUT2D eigenvalue weighted by molar-refractivity contribution is 0.170. The Morgan fingerprint density at radius 2 is 1.73 bits per heavy atom. The zero-order valence-electron chi connectivity index (χ0n) is 18.3. The number of hydrogen-bond acceptors (Lipinski definition) is 3. The molecule has 0 unspecified atom stereocenters. The molecular formula is C27H31NO2. The van der Waals surface area contributed by atoms with Crippen LogP contribution in [0.2, 0.25) is 0 Å². The molecule has 3 nitrogen and oxygen atoms in total. The maximum Gasteiger partial charge on any atom is 0.127 e. The molecule has 0 N–H and O–H groups in total. The molecule has 0 aromatic heterocycles. The van der Waals surface area contributed by atoms with Gasteiger partial charge in [0.15, 0.2) is 0 Å². The van der Waals surface area contributed by atoms with Crippen LogP contribution in [0.5, 0.6) is 11.5 Å². The van der Waals surface area contributed by atoms with Crippen molar-refractivity contribution in [1.29, 1.82) is 0 Å². The lowest BCUT2D eigenvalue weighted by Crippen LogP contribution is -2.36. The first-order valence-electron chi connectivity index (χ1n) is 10.9. The summed E-state index contributed by atoms with van der Waals surface area (Å²) in [5, 5.41) is 0. The minimum atomic E-state index is 0.546. The van der Waals surface area contributed by atoms with Crippen molar-refractivity contribution in [3.8, 4) is 22.6 Å². The highest BCUT2D eigenvalue weighted by molar-refractivity contribution is 5.68. The van der Waals surface area contributed by atoms with E-state index in [1.165, 1.54) is 52.9 Å². The standard InChI is InChI=1S/C27H31NO2/c1-4-21-16-24(17-27(29-3)26(21)18-28-14-9-15-28)30-19-23-12-8-13-25(20(23)2)22-10-6-5-7-11-22/h5-8,10-13,16-17H,4,9,14-15,18-19H2,1-3H3. The molecule has 0 radical (unpaired) electrons. The number of ether oxygens (including phenoxy) is 2. The van der Waals surface area contributed by atoms with Gasteiger partial charge in [0.2, 0.25) is 0 Å². The van der Waals surface area contributed by atoms with Crippen LogP contribution in [0.4, 0.5) is 0 Å². The Morgan fingerprint density at radius 1 is 0.933 bits per heavy atom. The van der Waals surface area contributed by atoms with E-state index in [1.807, 2.05) is 6.07 Å². The quantitative estimate of drug-likeness (QED) is 0.461. The normalized spacial score (nSPS) is 13.7. The van der Waals surface area contributed by atoms with Gasteiger partial charge in [-0.3, -0.25) is 4.90 Å². The molecule has 3 aromatic carbocycles. The molecular weight excluding hydrogens is 370 g/mol. The molecule has 1 aliphatic rings. The zero-order chi connectivity index (χ0) is 20.9. The third-order valence-electron chi connectivity index (χ3n) is 6.13. The largest absolute Gasteiger partial charge is 0.496 e. The fourth-order valence-corrected chi connectivity index (χ4v) is 4.13. The van der Waals surface area contributed by atoms with Gasteiger partial charge in [0.05, 0.1) is 7.11 Å². The van der Waals surface area contributed by atoms with Crippen LogP contribution < -0.4 is 9.47 Å². The fraction of sp³-hybridized carbons (Fsp3) is 0.333. The van der Waals surface area contributed by atoms with Crippen LogP contribution in [0.25, 0.3) is 11.1 Å². The van der Waals surface area contributed by atoms with Gasteiger partial charge in [-0.1, -0.05) is 55.5 Å². The number of likely N-dealkylation sites (tertiary alicyclic amines) is 1. The molecule has 30 heavy (non-hydrogen) atoms. The second-order valence-corrected chi connectivity index (χ2v) is 7.99. The van der Waals surface area contributed by atoms with Crippen molar-refractivity contribution in [1.82, 2.24) is 4.90 Å². The maximum absolute atomic E-state index is 6.26. The van der Waals surface area contributed by atoms with Crippen LogP contribution in [0, 0.1) is 6.92 Å². The average molecular weight is 402 g/mol. The van der Waals surface area contributed by atoms with Crippen LogP contribution in [0.15, 0.2) is 60.7 Å². The Hall–Kier alpha value is -2.78. The van der Waals surface area contributed by atoms with E-state index >= 15 is 0 Å². The molecule has 1 fully saturated rings. The predicted octanol–water partition coefficient (Wildman–Crippen LogP) is 6.02. The minimum Gasteiger partial charge on any atom is -0.496 e. The third-order valence-corrected chi connectivity index (χ3v) is 6.13. The van der Waals surface area contributed by atoms with Gasteiger partial charge in [0.1, 0.15) is 18.1 Å². The topological polar surface area (TPSA) is 21.7 Å². The van der Waals surface area contributed by atoms with E-state index in [2.05, 4.69) is 73.3 Å². The third kappa shape index (κ3) is 4.36. The summed E-state index contributed by atoms with van der Waals surface area (Å²) < 4.78 is 12.0. The Kier molecular flexibility index (Phi) is 6.39. The van der Waals surface area contributed by atoms with Crippen molar-refractivity contribution in [2.75, 3.05) is 20.2 Å². The second-order valence-electron chi connectivity index (χ2n) is 7.99. The smallest absolute Gasteiger partial charge is 0.127 e. The molecule has 0 spiro atoms. The van der Waals surface area contributed by atoms with Gasteiger partial charge < -0.3 is 9.47 Å². The highest BCUT2D eigenvalue weighted by Gasteiger charge is 2.19. The SMILES string of the molecule is CCc1cc(OCc2cccc(-c3ccccc3)c2C)cc(OC)c1CN1CCC1. The van der Waals surface area contributed by atoms with Crippen LogP contribution in [-0.4, -0.2) is 25.1 Å². The molecule has 1 saturated heterocycles. The number of nitrogens with zero attached hydrogens (tertiary/aromatic N) is 1. The molecule has 3 aromatic rings. The highest BCUT2D eigenvalue weighted by atomic mass is 16.5. The minimum absolute atomic E-state index is 0.546. The van der Waals surface area contributed by atoms with Crippen molar-refractivity contribution in [3.63, 3.8) is 0 Å². The monoisotopic (exact) mass is 401 g/mol. The van der Waals surface area contributed by atoms with E-state index in [1.54, 1.807) is 7.11 Å². The van der Waals surface area contributed by atoms with Gasteiger partial charge in [0.25, 0.3) is 0 Å². The van der Waals surface area contributed by atoms with Crippen molar-refractivity contribution in [2.24, 2.45) is 0 Å².